The van der Waals surface area contributed by atoms with Crippen LogP contribution >= 0.6 is 0 Å². The lowest BCUT2D eigenvalue weighted by atomic mass is 9.56. The normalized spacial score (nSPS) is 42.4. The third-order valence-corrected chi connectivity index (χ3v) is 6.20. The number of cyclic esters (lactones) is 1. The van der Waals surface area contributed by atoms with Crippen molar-refractivity contribution >= 4 is 5.97 Å². The molecule has 3 aliphatic rings. The van der Waals surface area contributed by atoms with Crippen molar-refractivity contribution in [3.05, 3.63) is 0 Å². The Labute approximate surface area is 104 Å². The predicted molar refractivity (Wildman–Crippen MR) is 66.3 cm³/mol. The number of ether oxygens (including phenoxy) is 1. The highest BCUT2D eigenvalue weighted by atomic mass is 16.5. The van der Waals surface area contributed by atoms with Crippen LogP contribution in [0, 0.1) is 40.9 Å². The van der Waals surface area contributed by atoms with Gasteiger partial charge in [-0.15, -0.1) is 0 Å². The SMILES string of the molecule is CC(C)C1(C(C)C)CC2CC1C1C(=O)OCC21. The van der Waals surface area contributed by atoms with E-state index in [-0.39, 0.29) is 11.9 Å². The van der Waals surface area contributed by atoms with Crippen molar-refractivity contribution in [2.45, 2.75) is 40.5 Å². The minimum Gasteiger partial charge on any atom is -0.465 e. The molecule has 0 amide bonds. The number of carbonyl (C=O) groups excluding carboxylic acids is 1. The Morgan fingerprint density at radius 1 is 1.24 bits per heavy atom. The monoisotopic (exact) mass is 236 g/mol. The van der Waals surface area contributed by atoms with Crippen molar-refractivity contribution < 1.29 is 9.53 Å². The van der Waals surface area contributed by atoms with E-state index >= 15 is 0 Å². The summed E-state index contributed by atoms with van der Waals surface area (Å²) in [7, 11) is 0. The van der Waals surface area contributed by atoms with Gasteiger partial charge in [-0.25, -0.2) is 0 Å². The Morgan fingerprint density at radius 3 is 2.47 bits per heavy atom. The number of esters is 1. The number of rotatable bonds is 2. The molecule has 0 aromatic carbocycles. The van der Waals surface area contributed by atoms with Gasteiger partial charge in [-0.1, -0.05) is 27.7 Å². The lowest BCUT2D eigenvalue weighted by Crippen LogP contribution is -2.45. The number of hydrogen-bond donors (Lipinski definition) is 0. The van der Waals surface area contributed by atoms with Gasteiger partial charge in [0, 0.05) is 5.92 Å². The van der Waals surface area contributed by atoms with Crippen LogP contribution in [0.2, 0.25) is 0 Å². The number of hydrogen-bond acceptors (Lipinski definition) is 2. The van der Waals surface area contributed by atoms with Gasteiger partial charge in [0.2, 0.25) is 0 Å². The van der Waals surface area contributed by atoms with Crippen LogP contribution in [0.3, 0.4) is 0 Å². The van der Waals surface area contributed by atoms with E-state index in [4.69, 9.17) is 4.74 Å². The Morgan fingerprint density at radius 2 is 1.88 bits per heavy atom. The molecule has 3 fully saturated rings. The standard InChI is InChI=1S/C15H24O2/c1-8(2)15(9(3)4)6-10-5-12(15)13-11(10)7-17-14(13)16/h8-13H,5-7H2,1-4H3. The van der Waals surface area contributed by atoms with Crippen molar-refractivity contribution in [2.24, 2.45) is 40.9 Å². The molecule has 0 spiro atoms. The van der Waals surface area contributed by atoms with Gasteiger partial charge in [0.25, 0.3) is 0 Å². The number of carbonyl (C=O) groups is 1. The smallest absolute Gasteiger partial charge is 0.309 e. The van der Waals surface area contributed by atoms with Crippen molar-refractivity contribution in [2.75, 3.05) is 6.61 Å². The second kappa shape index (κ2) is 3.49. The summed E-state index contributed by atoms with van der Waals surface area (Å²) in [5.41, 5.74) is 0.384. The zero-order chi connectivity index (χ0) is 12.4. The second-order valence-electron chi connectivity index (χ2n) is 7.05. The fourth-order valence-corrected chi connectivity index (χ4v) is 5.48. The van der Waals surface area contributed by atoms with E-state index in [1.54, 1.807) is 0 Å². The zero-order valence-corrected chi connectivity index (χ0v) is 11.4. The molecular weight excluding hydrogens is 212 g/mol. The Kier molecular flexibility index (Phi) is 2.37. The Bertz CT molecular complexity index is 337. The molecule has 2 nitrogen and oxygen atoms in total. The first-order valence-corrected chi connectivity index (χ1v) is 7.15. The van der Waals surface area contributed by atoms with E-state index < -0.39 is 0 Å². The number of fused-ring (bicyclic) bond motifs is 5. The van der Waals surface area contributed by atoms with Crippen LogP contribution < -0.4 is 0 Å². The molecule has 0 aromatic rings. The summed E-state index contributed by atoms with van der Waals surface area (Å²) >= 11 is 0. The molecule has 3 rings (SSSR count). The van der Waals surface area contributed by atoms with Crippen LogP contribution in [0.5, 0.6) is 0 Å². The fraction of sp³-hybridized carbons (Fsp3) is 0.933. The highest BCUT2D eigenvalue weighted by Crippen LogP contribution is 2.67. The van der Waals surface area contributed by atoms with Gasteiger partial charge in [0.1, 0.15) is 0 Å². The van der Waals surface area contributed by atoms with E-state index in [0.717, 1.165) is 5.92 Å². The molecule has 1 saturated heterocycles. The molecule has 2 aliphatic carbocycles. The van der Waals surface area contributed by atoms with E-state index in [1.165, 1.54) is 12.8 Å². The Hall–Kier alpha value is -0.530. The minimum absolute atomic E-state index is 0.105. The van der Waals surface area contributed by atoms with E-state index in [2.05, 4.69) is 27.7 Å². The van der Waals surface area contributed by atoms with E-state index in [0.29, 0.717) is 35.7 Å². The van der Waals surface area contributed by atoms with Crippen molar-refractivity contribution in [3.63, 3.8) is 0 Å². The summed E-state index contributed by atoms with van der Waals surface area (Å²) in [5.74, 6) is 3.58. The molecule has 2 bridgehead atoms. The summed E-state index contributed by atoms with van der Waals surface area (Å²) < 4.78 is 5.31. The highest BCUT2D eigenvalue weighted by Gasteiger charge is 2.65. The maximum absolute atomic E-state index is 12.0. The van der Waals surface area contributed by atoms with Gasteiger partial charge in [-0.05, 0) is 41.9 Å². The van der Waals surface area contributed by atoms with Crippen molar-refractivity contribution in [1.29, 1.82) is 0 Å². The lowest BCUT2D eigenvalue weighted by Gasteiger charge is -2.47. The van der Waals surface area contributed by atoms with Gasteiger partial charge in [-0.3, -0.25) is 4.79 Å². The molecule has 4 unspecified atom stereocenters. The average molecular weight is 236 g/mol. The summed E-state index contributed by atoms with van der Waals surface area (Å²) in [5, 5.41) is 0. The molecule has 4 atom stereocenters. The zero-order valence-electron chi connectivity index (χ0n) is 11.4. The summed E-state index contributed by atoms with van der Waals surface area (Å²) in [6, 6.07) is 0. The third-order valence-electron chi connectivity index (χ3n) is 6.20. The molecule has 1 aliphatic heterocycles. The maximum Gasteiger partial charge on any atom is 0.309 e. The van der Waals surface area contributed by atoms with Crippen LogP contribution in [-0.2, 0) is 9.53 Å². The van der Waals surface area contributed by atoms with Crippen LogP contribution in [0.1, 0.15) is 40.5 Å². The van der Waals surface area contributed by atoms with Gasteiger partial charge in [0.05, 0.1) is 12.5 Å². The molecular formula is C15H24O2. The molecule has 0 aromatic heterocycles. The van der Waals surface area contributed by atoms with Gasteiger partial charge in [0.15, 0.2) is 0 Å². The first-order valence-electron chi connectivity index (χ1n) is 7.15. The van der Waals surface area contributed by atoms with Crippen LogP contribution in [0.25, 0.3) is 0 Å². The molecule has 0 N–H and O–H groups in total. The van der Waals surface area contributed by atoms with Crippen LogP contribution in [-0.4, -0.2) is 12.6 Å². The van der Waals surface area contributed by atoms with Crippen molar-refractivity contribution in [1.82, 2.24) is 0 Å². The molecule has 2 heteroatoms. The molecule has 96 valence electrons. The molecule has 1 heterocycles. The van der Waals surface area contributed by atoms with E-state index in [9.17, 15) is 4.79 Å². The predicted octanol–water partition coefficient (Wildman–Crippen LogP) is 3.11. The van der Waals surface area contributed by atoms with Gasteiger partial charge < -0.3 is 4.74 Å². The maximum atomic E-state index is 12.0. The topological polar surface area (TPSA) is 26.3 Å². The van der Waals surface area contributed by atoms with Crippen LogP contribution in [0.15, 0.2) is 0 Å². The van der Waals surface area contributed by atoms with Crippen molar-refractivity contribution in [3.8, 4) is 0 Å². The second-order valence-corrected chi connectivity index (χ2v) is 7.05. The molecule has 2 saturated carbocycles. The summed E-state index contributed by atoms with van der Waals surface area (Å²) in [6.45, 7) is 10.1. The lowest BCUT2D eigenvalue weighted by molar-refractivity contribution is -0.145. The summed E-state index contributed by atoms with van der Waals surface area (Å²) in [4.78, 5) is 12.0. The largest absolute Gasteiger partial charge is 0.465 e. The Balaban J connectivity index is 1.99. The fourth-order valence-electron chi connectivity index (χ4n) is 5.48. The van der Waals surface area contributed by atoms with E-state index in [1.807, 2.05) is 0 Å². The quantitative estimate of drug-likeness (QED) is 0.689. The van der Waals surface area contributed by atoms with Gasteiger partial charge >= 0.3 is 5.97 Å². The first kappa shape index (κ1) is 11.6. The third kappa shape index (κ3) is 1.25. The van der Waals surface area contributed by atoms with Gasteiger partial charge in [-0.2, -0.15) is 0 Å². The molecule has 17 heavy (non-hydrogen) atoms. The highest BCUT2D eigenvalue weighted by molar-refractivity contribution is 5.76. The summed E-state index contributed by atoms with van der Waals surface area (Å²) in [6.07, 6.45) is 2.60. The average Bonchev–Trinajstić information content (AvgIpc) is 2.88. The molecule has 0 radical (unpaired) electrons. The van der Waals surface area contributed by atoms with Crippen LogP contribution in [0.4, 0.5) is 0 Å². The first-order chi connectivity index (χ1) is 7.98. The minimum atomic E-state index is 0.105.